The molecule has 4 nitrogen and oxygen atoms in total. The lowest BCUT2D eigenvalue weighted by Gasteiger charge is -2.20. The fourth-order valence-electron chi connectivity index (χ4n) is 2.40. The molecule has 1 aromatic carbocycles. The molecule has 1 heterocycles. The van der Waals surface area contributed by atoms with Crippen LogP contribution in [0.15, 0.2) is 18.2 Å². The number of anilines is 1. The molecular weight excluding hydrogens is 226 g/mol. The molecule has 1 saturated heterocycles. The van der Waals surface area contributed by atoms with Gasteiger partial charge in [-0.1, -0.05) is 6.07 Å². The molecule has 0 aromatic heterocycles. The average molecular weight is 245 g/mol. The van der Waals surface area contributed by atoms with Crippen LogP contribution < -0.4 is 10.2 Å². The van der Waals surface area contributed by atoms with Crippen molar-refractivity contribution in [2.45, 2.75) is 19.1 Å². The largest absolute Gasteiger partial charge is 0.380 e. The van der Waals surface area contributed by atoms with E-state index >= 15 is 0 Å². The number of nitriles is 1. The minimum Gasteiger partial charge on any atom is -0.380 e. The number of methoxy groups -OCH3 is 1. The lowest BCUT2D eigenvalue weighted by atomic mass is 10.1. The summed E-state index contributed by atoms with van der Waals surface area (Å²) >= 11 is 0. The first-order chi connectivity index (χ1) is 8.78. The molecule has 1 atom stereocenters. The van der Waals surface area contributed by atoms with E-state index in [1.165, 1.54) is 0 Å². The van der Waals surface area contributed by atoms with E-state index in [1.807, 2.05) is 19.2 Å². The zero-order valence-corrected chi connectivity index (χ0v) is 10.9. The van der Waals surface area contributed by atoms with Crippen molar-refractivity contribution in [3.8, 4) is 6.07 Å². The van der Waals surface area contributed by atoms with Crippen LogP contribution in [-0.2, 0) is 11.3 Å². The van der Waals surface area contributed by atoms with Crippen LogP contribution in [0.3, 0.4) is 0 Å². The summed E-state index contributed by atoms with van der Waals surface area (Å²) in [5.41, 5.74) is 2.91. The van der Waals surface area contributed by atoms with Crippen molar-refractivity contribution in [2.24, 2.45) is 0 Å². The Kier molecular flexibility index (Phi) is 4.19. The molecule has 1 aliphatic heterocycles. The third-order valence-electron chi connectivity index (χ3n) is 3.38. The van der Waals surface area contributed by atoms with Crippen LogP contribution in [0.5, 0.6) is 0 Å². The third-order valence-corrected chi connectivity index (χ3v) is 3.38. The second kappa shape index (κ2) is 5.85. The molecule has 0 saturated carbocycles. The summed E-state index contributed by atoms with van der Waals surface area (Å²) in [6.07, 6.45) is 1.31. The maximum atomic E-state index is 9.27. The number of ether oxygens (including phenoxy) is 1. The smallest absolute Gasteiger partial charge is 0.101 e. The normalized spacial score (nSPS) is 18.9. The summed E-state index contributed by atoms with van der Waals surface area (Å²) in [7, 11) is 3.65. The molecule has 1 unspecified atom stereocenters. The van der Waals surface area contributed by atoms with Gasteiger partial charge in [-0.25, -0.2) is 0 Å². The van der Waals surface area contributed by atoms with Gasteiger partial charge in [0.1, 0.15) is 6.07 Å². The highest BCUT2D eigenvalue weighted by Gasteiger charge is 2.23. The zero-order chi connectivity index (χ0) is 13.0. The van der Waals surface area contributed by atoms with Crippen molar-refractivity contribution >= 4 is 5.69 Å². The van der Waals surface area contributed by atoms with E-state index in [0.29, 0.717) is 0 Å². The van der Waals surface area contributed by atoms with Gasteiger partial charge in [0, 0.05) is 26.7 Å². The van der Waals surface area contributed by atoms with Crippen LogP contribution in [0.25, 0.3) is 0 Å². The number of nitrogens with zero attached hydrogens (tertiary/aromatic N) is 2. The lowest BCUT2D eigenvalue weighted by Crippen LogP contribution is -2.23. The molecular formula is C14H19N3O. The van der Waals surface area contributed by atoms with Gasteiger partial charge in [0.15, 0.2) is 0 Å². The molecule has 4 heteroatoms. The standard InChI is InChI=1S/C14H19N3O/c1-16-9-11-3-4-14(12(7-11)8-15)17-6-5-13(10-17)18-2/h3-4,7,13,16H,5-6,9-10H2,1-2H3. The van der Waals surface area contributed by atoms with Crippen molar-refractivity contribution in [3.63, 3.8) is 0 Å². The molecule has 0 amide bonds. The van der Waals surface area contributed by atoms with Crippen molar-refractivity contribution in [1.29, 1.82) is 5.26 Å². The summed E-state index contributed by atoms with van der Waals surface area (Å²) < 4.78 is 5.36. The maximum Gasteiger partial charge on any atom is 0.101 e. The highest BCUT2D eigenvalue weighted by Crippen LogP contribution is 2.26. The SMILES string of the molecule is CNCc1ccc(N2CCC(OC)C2)c(C#N)c1. The first-order valence-electron chi connectivity index (χ1n) is 6.24. The van der Waals surface area contributed by atoms with Crippen LogP contribution in [-0.4, -0.2) is 33.4 Å². The Morgan fingerprint density at radius 2 is 2.39 bits per heavy atom. The van der Waals surface area contributed by atoms with E-state index in [-0.39, 0.29) is 6.10 Å². The number of rotatable bonds is 4. The Hall–Kier alpha value is -1.57. The summed E-state index contributed by atoms with van der Waals surface area (Å²) in [6.45, 7) is 2.62. The van der Waals surface area contributed by atoms with Crippen molar-refractivity contribution in [2.75, 3.05) is 32.1 Å². The van der Waals surface area contributed by atoms with Gasteiger partial charge in [-0.05, 0) is 31.2 Å². The second-order valence-electron chi connectivity index (χ2n) is 4.59. The van der Waals surface area contributed by atoms with Gasteiger partial charge in [0.25, 0.3) is 0 Å². The Labute approximate surface area is 108 Å². The number of hydrogen-bond donors (Lipinski definition) is 1. The van der Waals surface area contributed by atoms with Gasteiger partial charge in [-0.15, -0.1) is 0 Å². The zero-order valence-electron chi connectivity index (χ0n) is 10.9. The molecule has 96 valence electrons. The van der Waals surface area contributed by atoms with Gasteiger partial charge < -0.3 is 15.0 Å². The first kappa shape index (κ1) is 12.9. The molecule has 0 radical (unpaired) electrons. The van der Waals surface area contributed by atoms with Gasteiger partial charge in [0.2, 0.25) is 0 Å². The molecule has 1 aromatic rings. The van der Waals surface area contributed by atoms with Gasteiger partial charge in [-0.3, -0.25) is 0 Å². The quantitative estimate of drug-likeness (QED) is 0.873. The van der Waals surface area contributed by atoms with E-state index in [4.69, 9.17) is 4.74 Å². The molecule has 0 aliphatic carbocycles. The molecule has 0 bridgehead atoms. The van der Waals surface area contributed by atoms with E-state index in [9.17, 15) is 5.26 Å². The van der Waals surface area contributed by atoms with Crippen LogP contribution >= 0.6 is 0 Å². The summed E-state index contributed by atoms with van der Waals surface area (Å²) in [5, 5.41) is 12.4. The Morgan fingerprint density at radius 3 is 3.00 bits per heavy atom. The minimum atomic E-state index is 0.286. The maximum absolute atomic E-state index is 9.27. The van der Waals surface area contributed by atoms with Crippen LogP contribution in [0.4, 0.5) is 5.69 Å². The van der Waals surface area contributed by atoms with Crippen LogP contribution in [0.1, 0.15) is 17.5 Å². The predicted molar refractivity (Wildman–Crippen MR) is 71.5 cm³/mol. The monoisotopic (exact) mass is 245 g/mol. The molecule has 0 spiro atoms. The third kappa shape index (κ3) is 2.63. The van der Waals surface area contributed by atoms with E-state index in [1.54, 1.807) is 7.11 Å². The fraction of sp³-hybridized carbons (Fsp3) is 0.500. The Morgan fingerprint density at radius 1 is 1.56 bits per heavy atom. The van der Waals surface area contributed by atoms with Gasteiger partial charge in [-0.2, -0.15) is 5.26 Å². The van der Waals surface area contributed by atoms with Gasteiger partial charge in [0.05, 0.1) is 17.4 Å². The Bertz CT molecular complexity index is 453. The van der Waals surface area contributed by atoms with Crippen molar-refractivity contribution < 1.29 is 4.74 Å². The number of nitrogens with one attached hydrogen (secondary N) is 1. The fourth-order valence-corrected chi connectivity index (χ4v) is 2.40. The lowest BCUT2D eigenvalue weighted by molar-refractivity contribution is 0.121. The van der Waals surface area contributed by atoms with Crippen LogP contribution in [0.2, 0.25) is 0 Å². The van der Waals surface area contributed by atoms with E-state index in [0.717, 1.165) is 42.9 Å². The predicted octanol–water partition coefficient (Wildman–Crippen LogP) is 1.50. The molecule has 1 aliphatic rings. The summed E-state index contributed by atoms with van der Waals surface area (Å²) in [5.74, 6) is 0. The number of hydrogen-bond acceptors (Lipinski definition) is 4. The highest BCUT2D eigenvalue weighted by atomic mass is 16.5. The molecule has 2 rings (SSSR count). The second-order valence-corrected chi connectivity index (χ2v) is 4.59. The summed E-state index contributed by atoms with van der Waals surface area (Å²) in [4.78, 5) is 2.23. The average Bonchev–Trinajstić information content (AvgIpc) is 2.87. The molecule has 18 heavy (non-hydrogen) atoms. The van der Waals surface area contributed by atoms with Crippen molar-refractivity contribution in [1.82, 2.24) is 5.32 Å². The topological polar surface area (TPSA) is 48.3 Å². The van der Waals surface area contributed by atoms with Crippen molar-refractivity contribution in [3.05, 3.63) is 29.3 Å². The summed E-state index contributed by atoms with van der Waals surface area (Å²) in [6, 6.07) is 8.38. The van der Waals surface area contributed by atoms with E-state index < -0.39 is 0 Å². The number of benzene rings is 1. The molecule has 1 fully saturated rings. The van der Waals surface area contributed by atoms with E-state index in [2.05, 4.69) is 22.4 Å². The minimum absolute atomic E-state index is 0.286. The van der Waals surface area contributed by atoms with Gasteiger partial charge >= 0.3 is 0 Å². The highest BCUT2D eigenvalue weighted by molar-refractivity contribution is 5.61. The Balaban J connectivity index is 2.21. The first-order valence-corrected chi connectivity index (χ1v) is 6.24. The van der Waals surface area contributed by atoms with Crippen LogP contribution in [0, 0.1) is 11.3 Å². The molecule has 1 N–H and O–H groups in total.